The molecule has 0 amide bonds. The van der Waals surface area contributed by atoms with Gasteiger partial charge in [0.1, 0.15) is 29.3 Å². The molecule has 1 fully saturated rings. The van der Waals surface area contributed by atoms with E-state index < -0.39 is 5.97 Å². The first-order valence-corrected chi connectivity index (χ1v) is 9.20. The van der Waals surface area contributed by atoms with E-state index in [1.807, 2.05) is 6.07 Å². The zero-order chi connectivity index (χ0) is 18.5. The Morgan fingerprint density at radius 1 is 1.15 bits per heavy atom. The van der Waals surface area contributed by atoms with Gasteiger partial charge in [0.05, 0.1) is 10.0 Å². The van der Waals surface area contributed by atoms with E-state index in [2.05, 4.69) is 0 Å². The van der Waals surface area contributed by atoms with Crippen LogP contribution in [0.3, 0.4) is 0 Å². The van der Waals surface area contributed by atoms with Crippen molar-refractivity contribution in [2.75, 3.05) is 0 Å². The molecule has 0 N–H and O–H groups in total. The van der Waals surface area contributed by atoms with Gasteiger partial charge in [-0.3, -0.25) is 0 Å². The summed E-state index contributed by atoms with van der Waals surface area (Å²) in [6, 6.07) is 10.5. The van der Waals surface area contributed by atoms with Crippen LogP contribution in [0.1, 0.15) is 37.9 Å². The van der Waals surface area contributed by atoms with Gasteiger partial charge in [0, 0.05) is 11.6 Å². The summed E-state index contributed by atoms with van der Waals surface area (Å²) in [5.74, 6) is 0.350. The summed E-state index contributed by atoms with van der Waals surface area (Å²) in [4.78, 5) is 12.2. The molecule has 1 saturated carbocycles. The van der Waals surface area contributed by atoms with Crippen molar-refractivity contribution < 1.29 is 13.9 Å². The number of ether oxygens (including phenoxy) is 1. The maximum absolute atomic E-state index is 12.2. The summed E-state index contributed by atoms with van der Waals surface area (Å²) in [6.07, 6.45) is 6.27. The van der Waals surface area contributed by atoms with Gasteiger partial charge in [-0.15, -0.1) is 0 Å². The zero-order valence-electron chi connectivity index (χ0n) is 14.0. The fraction of sp³-hybridized carbons (Fsp3) is 0.300. The molecule has 26 heavy (non-hydrogen) atoms. The van der Waals surface area contributed by atoms with Crippen LogP contribution in [0.25, 0.3) is 17.4 Å². The lowest BCUT2D eigenvalue weighted by Gasteiger charge is -2.21. The first-order valence-electron chi connectivity index (χ1n) is 8.45. The van der Waals surface area contributed by atoms with E-state index in [-0.39, 0.29) is 11.7 Å². The van der Waals surface area contributed by atoms with Gasteiger partial charge in [-0.25, -0.2) is 4.79 Å². The number of esters is 1. The van der Waals surface area contributed by atoms with Crippen molar-refractivity contribution in [1.82, 2.24) is 0 Å². The Hall–Kier alpha value is -2.22. The number of benzene rings is 1. The van der Waals surface area contributed by atoms with E-state index in [0.717, 1.165) is 31.2 Å². The first kappa shape index (κ1) is 18.6. The Morgan fingerprint density at radius 2 is 1.92 bits per heavy atom. The van der Waals surface area contributed by atoms with E-state index in [1.54, 1.807) is 30.3 Å². The van der Waals surface area contributed by atoms with Gasteiger partial charge >= 0.3 is 5.97 Å². The van der Waals surface area contributed by atoms with E-state index in [4.69, 9.17) is 32.4 Å². The van der Waals surface area contributed by atoms with Crippen LogP contribution in [-0.4, -0.2) is 12.1 Å². The lowest BCUT2D eigenvalue weighted by atomic mass is 9.98. The Balaban J connectivity index is 1.75. The molecule has 1 aromatic carbocycles. The zero-order valence-corrected chi connectivity index (χ0v) is 15.5. The number of hydrogen-bond acceptors (Lipinski definition) is 4. The maximum atomic E-state index is 12.2. The molecule has 134 valence electrons. The Labute approximate surface area is 162 Å². The highest BCUT2D eigenvalue weighted by molar-refractivity contribution is 6.42. The Morgan fingerprint density at radius 3 is 2.62 bits per heavy atom. The summed E-state index contributed by atoms with van der Waals surface area (Å²) in [5.41, 5.74) is 0.674. The van der Waals surface area contributed by atoms with Crippen LogP contribution in [0, 0.1) is 11.3 Å². The van der Waals surface area contributed by atoms with Crippen molar-refractivity contribution in [3.63, 3.8) is 0 Å². The minimum absolute atomic E-state index is 0.0781. The summed E-state index contributed by atoms with van der Waals surface area (Å²) in [6.45, 7) is 0. The largest absolute Gasteiger partial charge is 0.458 e. The average molecular weight is 390 g/mol. The number of carbonyl (C=O) groups excluding carboxylic acids is 1. The van der Waals surface area contributed by atoms with Gasteiger partial charge in [-0.1, -0.05) is 29.6 Å². The first-order chi connectivity index (χ1) is 12.6. The van der Waals surface area contributed by atoms with Gasteiger partial charge in [0.15, 0.2) is 0 Å². The monoisotopic (exact) mass is 389 g/mol. The number of carbonyl (C=O) groups is 1. The second kappa shape index (κ2) is 8.44. The minimum Gasteiger partial charge on any atom is -0.458 e. The molecule has 1 heterocycles. The fourth-order valence-corrected chi connectivity index (χ4v) is 3.21. The smallest absolute Gasteiger partial charge is 0.349 e. The normalized spacial score (nSPS) is 15.5. The maximum Gasteiger partial charge on any atom is 0.349 e. The SMILES string of the molecule is N#CC(=Cc1ccc(-c2ccc(Cl)c(Cl)c2)o1)C(=O)OC1CCCCC1. The Kier molecular flexibility index (Phi) is 6.03. The molecule has 1 aliphatic carbocycles. The molecule has 1 aliphatic rings. The number of nitrogens with zero attached hydrogens (tertiary/aromatic N) is 1. The third-order valence-electron chi connectivity index (χ3n) is 4.28. The van der Waals surface area contributed by atoms with Crippen molar-refractivity contribution in [2.45, 2.75) is 38.2 Å². The van der Waals surface area contributed by atoms with Crippen molar-refractivity contribution >= 4 is 35.2 Å². The Bertz CT molecular complexity index is 873. The quantitative estimate of drug-likeness (QED) is 0.363. The predicted molar refractivity (Wildman–Crippen MR) is 101 cm³/mol. The summed E-state index contributed by atoms with van der Waals surface area (Å²) in [7, 11) is 0. The molecule has 0 bridgehead atoms. The van der Waals surface area contributed by atoms with Crippen molar-refractivity contribution in [3.8, 4) is 17.4 Å². The molecule has 3 rings (SSSR count). The van der Waals surface area contributed by atoms with Gasteiger partial charge in [-0.05, 0) is 56.0 Å². The van der Waals surface area contributed by atoms with E-state index in [9.17, 15) is 10.1 Å². The van der Waals surface area contributed by atoms with Crippen LogP contribution in [0.2, 0.25) is 10.0 Å². The van der Waals surface area contributed by atoms with Crippen LogP contribution in [0.15, 0.2) is 40.3 Å². The minimum atomic E-state index is -0.605. The highest BCUT2D eigenvalue weighted by atomic mass is 35.5. The number of furan rings is 1. The van der Waals surface area contributed by atoms with Gasteiger partial charge < -0.3 is 9.15 Å². The number of halogens is 2. The van der Waals surface area contributed by atoms with Gasteiger partial charge in [0.2, 0.25) is 0 Å². The van der Waals surface area contributed by atoms with Crippen LogP contribution in [-0.2, 0) is 9.53 Å². The van der Waals surface area contributed by atoms with Crippen LogP contribution in [0.5, 0.6) is 0 Å². The standard InChI is InChI=1S/C20H17Cl2NO3/c21-17-8-6-13(11-18(17)22)19-9-7-16(25-19)10-14(12-23)20(24)26-15-4-2-1-3-5-15/h6-11,15H,1-5H2. The van der Waals surface area contributed by atoms with Crippen molar-refractivity contribution in [2.24, 2.45) is 0 Å². The number of nitriles is 1. The van der Waals surface area contributed by atoms with Gasteiger partial charge in [0.25, 0.3) is 0 Å². The lowest BCUT2D eigenvalue weighted by Crippen LogP contribution is -2.21. The number of hydrogen-bond donors (Lipinski definition) is 0. The molecule has 6 heteroatoms. The molecule has 0 radical (unpaired) electrons. The molecule has 0 spiro atoms. The topological polar surface area (TPSA) is 63.2 Å². The third-order valence-corrected chi connectivity index (χ3v) is 5.02. The molecular formula is C20H17Cl2NO3. The molecule has 0 atom stereocenters. The second-order valence-electron chi connectivity index (χ2n) is 6.17. The lowest BCUT2D eigenvalue weighted by molar-refractivity contribution is -0.145. The van der Waals surface area contributed by atoms with Crippen molar-refractivity contribution in [1.29, 1.82) is 5.26 Å². The summed E-state index contributed by atoms with van der Waals surface area (Å²) < 4.78 is 11.1. The van der Waals surface area contributed by atoms with E-state index in [1.165, 1.54) is 12.5 Å². The number of rotatable bonds is 4. The average Bonchev–Trinajstić information content (AvgIpc) is 3.11. The van der Waals surface area contributed by atoms with Crippen molar-refractivity contribution in [3.05, 3.63) is 51.7 Å². The summed E-state index contributed by atoms with van der Waals surface area (Å²) in [5, 5.41) is 10.2. The third kappa shape index (κ3) is 4.49. The van der Waals surface area contributed by atoms with Crippen LogP contribution < -0.4 is 0 Å². The van der Waals surface area contributed by atoms with Gasteiger partial charge in [-0.2, -0.15) is 5.26 Å². The second-order valence-corrected chi connectivity index (χ2v) is 6.98. The molecule has 2 aromatic rings. The molecule has 0 aliphatic heterocycles. The fourth-order valence-electron chi connectivity index (χ4n) is 2.91. The highest BCUT2D eigenvalue weighted by Gasteiger charge is 2.20. The van der Waals surface area contributed by atoms with E-state index >= 15 is 0 Å². The van der Waals surface area contributed by atoms with E-state index in [0.29, 0.717) is 21.6 Å². The highest BCUT2D eigenvalue weighted by Crippen LogP contribution is 2.30. The molecule has 0 saturated heterocycles. The molecular weight excluding hydrogens is 373 g/mol. The molecule has 0 unspecified atom stereocenters. The summed E-state index contributed by atoms with van der Waals surface area (Å²) >= 11 is 11.9. The molecule has 1 aromatic heterocycles. The van der Waals surface area contributed by atoms with Crippen LogP contribution in [0.4, 0.5) is 0 Å². The molecule has 4 nitrogen and oxygen atoms in total. The van der Waals surface area contributed by atoms with Crippen LogP contribution >= 0.6 is 23.2 Å². The predicted octanol–water partition coefficient (Wildman–Crippen LogP) is 6.04.